The highest BCUT2D eigenvalue weighted by Crippen LogP contribution is 2.25. The summed E-state index contributed by atoms with van der Waals surface area (Å²) < 4.78 is 5.20. The lowest BCUT2D eigenvalue weighted by Crippen LogP contribution is -2.29. The first-order valence-corrected chi connectivity index (χ1v) is 7.52. The Labute approximate surface area is 118 Å². The highest BCUT2D eigenvalue weighted by atomic mass is 32.1. The van der Waals surface area contributed by atoms with Crippen LogP contribution in [0.3, 0.4) is 0 Å². The average Bonchev–Trinajstić information content (AvgIpc) is 2.76. The minimum Gasteiger partial charge on any atom is -0.444 e. The molecule has 1 aromatic heterocycles. The fourth-order valence-corrected chi connectivity index (χ4v) is 2.69. The lowest BCUT2D eigenvalue weighted by Gasteiger charge is -2.26. The summed E-state index contributed by atoms with van der Waals surface area (Å²) in [7, 11) is 0. The van der Waals surface area contributed by atoms with Crippen molar-refractivity contribution in [2.75, 3.05) is 23.3 Å². The van der Waals surface area contributed by atoms with E-state index in [1.165, 1.54) is 30.6 Å². The summed E-state index contributed by atoms with van der Waals surface area (Å²) in [5.74, 6) is 0.954. The van der Waals surface area contributed by atoms with Crippen LogP contribution >= 0.6 is 11.3 Å². The maximum absolute atomic E-state index is 11.6. The van der Waals surface area contributed by atoms with Gasteiger partial charge in [-0.3, -0.25) is 5.32 Å². The van der Waals surface area contributed by atoms with E-state index in [0.29, 0.717) is 5.13 Å². The third-order valence-electron chi connectivity index (χ3n) is 2.78. The molecule has 1 saturated heterocycles. The van der Waals surface area contributed by atoms with Gasteiger partial charge in [-0.15, -0.1) is 11.3 Å². The van der Waals surface area contributed by atoms with E-state index in [9.17, 15) is 4.79 Å². The second kappa shape index (κ2) is 5.77. The zero-order chi connectivity index (χ0) is 13.9. The van der Waals surface area contributed by atoms with E-state index in [1.807, 2.05) is 26.2 Å². The fraction of sp³-hybridized carbons (Fsp3) is 0.692. The summed E-state index contributed by atoms with van der Waals surface area (Å²) >= 11 is 1.43. The summed E-state index contributed by atoms with van der Waals surface area (Å²) in [5.41, 5.74) is -0.489. The van der Waals surface area contributed by atoms with Gasteiger partial charge in [-0.05, 0) is 40.0 Å². The molecule has 0 spiro atoms. The average molecular weight is 283 g/mol. The van der Waals surface area contributed by atoms with Crippen molar-refractivity contribution in [3.8, 4) is 0 Å². The van der Waals surface area contributed by atoms with Crippen molar-refractivity contribution in [2.45, 2.75) is 45.6 Å². The van der Waals surface area contributed by atoms with Crippen LogP contribution in [-0.4, -0.2) is 29.8 Å². The molecule has 2 rings (SSSR count). The second-order valence-corrected chi connectivity index (χ2v) is 6.54. The minimum atomic E-state index is -0.489. The molecule has 1 fully saturated rings. The number of piperidine rings is 1. The topological polar surface area (TPSA) is 54.5 Å². The van der Waals surface area contributed by atoms with Gasteiger partial charge in [0.15, 0.2) is 5.13 Å². The van der Waals surface area contributed by atoms with Gasteiger partial charge in [-0.2, -0.15) is 0 Å². The largest absolute Gasteiger partial charge is 0.444 e. The molecule has 0 bridgehead atoms. The first kappa shape index (κ1) is 14.1. The van der Waals surface area contributed by atoms with Crippen molar-refractivity contribution < 1.29 is 9.53 Å². The lowest BCUT2D eigenvalue weighted by molar-refractivity contribution is 0.0636. The number of hydrogen-bond donors (Lipinski definition) is 1. The molecule has 0 aliphatic carbocycles. The Bertz CT molecular complexity index is 433. The van der Waals surface area contributed by atoms with Gasteiger partial charge in [0.2, 0.25) is 0 Å². The van der Waals surface area contributed by atoms with Gasteiger partial charge in [-0.25, -0.2) is 9.78 Å². The molecule has 106 valence electrons. The van der Waals surface area contributed by atoms with Crippen LogP contribution in [0, 0.1) is 0 Å². The zero-order valence-corrected chi connectivity index (χ0v) is 12.5. The molecule has 6 heteroatoms. The first-order valence-electron chi connectivity index (χ1n) is 6.64. The molecule has 0 atom stereocenters. The first-order chi connectivity index (χ1) is 8.94. The maximum Gasteiger partial charge on any atom is 0.413 e. The van der Waals surface area contributed by atoms with Gasteiger partial charge in [0, 0.05) is 18.5 Å². The van der Waals surface area contributed by atoms with E-state index >= 15 is 0 Å². The van der Waals surface area contributed by atoms with Gasteiger partial charge in [-0.1, -0.05) is 0 Å². The molecule has 0 unspecified atom stereocenters. The molecule has 0 radical (unpaired) electrons. The number of amides is 1. The van der Waals surface area contributed by atoms with Gasteiger partial charge in [0.1, 0.15) is 11.4 Å². The van der Waals surface area contributed by atoms with Crippen LogP contribution in [0.25, 0.3) is 0 Å². The zero-order valence-electron chi connectivity index (χ0n) is 11.7. The number of thiazole rings is 1. The molecule has 1 amide bonds. The van der Waals surface area contributed by atoms with E-state index in [4.69, 9.17) is 4.74 Å². The quantitative estimate of drug-likeness (QED) is 0.903. The third kappa shape index (κ3) is 4.38. The number of carbonyl (C=O) groups is 1. The van der Waals surface area contributed by atoms with Crippen LogP contribution in [0.5, 0.6) is 0 Å². The van der Waals surface area contributed by atoms with Crippen molar-refractivity contribution in [1.82, 2.24) is 4.98 Å². The summed E-state index contributed by atoms with van der Waals surface area (Å²) in [6.07, 6.45) is 3.27. The van der Waals surface area contributed by atoms with E-state index in [1.54, 1.807) is 0 Å². The Hall–Kier alpha value is -1.30. The SMILES string of the molecule is CC(C)(C)OC(=O)Nc1nc(N2CCCCC2)cs1. The predicted octanol–water partition coefficient (Wildman–Crippen LogP) is 3.48. The molecule has 0 aromatic carbocycles. The summed E-state index contributed by atoms with van der Waals surface area (Å²) in [4.78, 5) is 18.3. The Morgan fingerprint density at radius 2 is 2.05 bits per heavy atom. The van der Waals surface area contributed by atoms with Crippen LogP contribution in [0.1, 0.15) is 40.0 Å². The summed E-state index contributed by atoms with van der Waals surface area (Å²) in [5, 5.41) is 5.25. The highest BCUT2D eigenvalue weighted by Gasteiger charge is 2.18. The molecule has 1 aliphatic heterocycles. The van der Waals surface area contributed by atoms with Crippen LogP contribution in [-0.2, 0) is 4.74 Å². The third-order valence-corrected chi connectivity index (χ3v) is 3.53. The van der Waals surface area contributed by atoms with Gasteiger partial charge < -0.3 is 9.64 Å². The van der Waals surface area contributed by atoms with Crippen molar-refractivity contribution >= 4 is 28.4 Å². The monoisotopic (exact) mass is 283 g/mol. The predicted molar refractivity (Wildman–Crippen MR) is 78.0 cm³/mol. The van der Waals surface area contributed by atoms with Crippen molar-refractivity contribution in [1.29, 1.82) is 0 Å². The number of carbonyl (C=O) groups excluding carboxylic acids is 1. The second-order valence-electron chi connectivity index (χ2n) is 5.69. The molecule has 1 aliphatic rings. The Morgan fingerprint density at radius 1 is 1.37 bits per heavy atom. The molecule has 19 heavy (non-hydrogen) atoms. The molecular formula is C13H21N3O2S. The Morgan fingerprint density at radius 3 is 2.68 bits per heavy atom. The van der Waals surface area contributed by atoms with E-state index < -0.39 is 11.7 Å². The molecule has 1 aromatic rings. The summed E-state index contributed by atoms with van der Waals surface area (Å²) in [6.45, 7) is 7.62. The fourth-order valence-electron chi connectivity index (χ4n) is 1.98. The van der Waals surface area contributed by atoms with E-state index in [0.717, 1.165) is 18.9 Å². The van der Waals surface area contributed by atoms with Crippen molar-refractivity contribution in [2.24, 2.45) is 0 Å². The number of anilines is 2. The molecule has 2 heterocycles. The number of nitrogens with zero attached hydrogens (tertiary/aromatic N) is 2. The molecular weight excluding hydrogens is 262 g/mol. The van der Waals surface area contributed by atoms with Gasteiger partial charge in [0.05, 0.1) is 0 Å². The van der Waals surface area contributed by atoms with Gasteiger partial charge >= 0.3 is 6.09 Å². The highest BCUT2D eigenvalue weighted by molar-refractivity contribution is 7.14. The molecule has 1 N–H and O–H groups in total. The van der Waals surface area contributed by atoms with Crippen molar-refractivity contribution in [3.05, 3.63) is 5.38 Å². The van der Waals surface area contributed by atoms with Crippen molar-refractivity contribution in [3.63, 3.8) is 0 Å². The van der Waals surface area contributed by atoms with E-state index in [-0.39, 0.29) is 0 Å². The van der Waals surface area contributed by atoms with Crippen LogP contribution in [0.15, 0.2) is 5.38 Å². The number of hydrogen-bond acceptors (Lipinski definition) is 5. The van der Waals surface area contributed by atoms with Crippen LogP contribution < -0.4 is 10.2 Å². The normalized spacial score (nSPS) is 16.3. The Balaban J connectivity index is 1.91. The number of ether oxygens (including phenoxy) is 1. The minimum absolute atomic E-state index is 0.452. The number of nitrogens with one attached hydrogen (secondary N) is 1. The number of aromatic nitrogens is 1. The molecule has 5 nitrogen and oxygen atoms in total. The smallest absolute Gasteiger partial charge is 0.413 e. The molecule has 0 saturated carbocycles. The van der Waals surface area contributed by atoms with Gasteiger partial charge in [0.25, 0.3) is 0 Å². The van der Waals surface area contributed by atoms with Crippen LogP contribution in [0.2, 0.25) is 0 Å². The van der Waals surface area contributed by atoms with E-state index in [2.05, 4.69) is 15.2 Å². The van der Waals surface area contributed by atoms with Crippen LogP contribution in [0.4, 0.5) is 15.7 Å². The lowest BCUT2D eigenvalue weighted by atomic mass is 10.1. The number of rotatable bonds is 2. The maximum atomic E-state index is 11.6. The Kier molecular flexibility index (Phi) is 4.29. The summed E-state index contributed by atoms with van der Waals surface area (Å²) in [6, 6.07) is 0. The standard InChI is InChI=1S/C13H21N3O2S/c1-13(2,3)18-12(17)15-11-14-10(9-19-11)16-7-5-4-6-8-16/h9H,4-8H2,1-3H3,(H,14,15,17).